The number of phenols is 1. The molecule has 0 saturated carbocycles. The molecular formula is C49H70N10O16. The van der Waals surface area contributed by atoms with E-state index in [1.54, 1.807) is 58.0 Å². The zero-order chi connectivity index (χ0) is 56.3. The van der Waals surface area contributed by atoms with Crippen LogP contribution in [0.15, 0.2) is 54.6 Å². The van der Waals surface area contributed by atoms with Gasteiger partial charge in [0, 0.05) is 19.4 Å². The summed E-state index contributed by atoms with van der Waals surface area (Å²) in [5.41, 5.74) is 12.5. The third-order valence-electron chi connectivity index (χ3n) is 12.1. The normalized spacial score (nSPS) is 16.8. The van der Waals surface area contributed by atoms with Crippen molar-refractivity contribution in [1.82, 2.24) is 42.1 Å². The molecule has 0 unspecified atom stereocenters. The standard InChI is InChI=1S/C49H70N10O16/c1-24(2)38(48(73)59-19-9-12-35(59)46(71)53-32(21-27-10-7-6-8-11-27)43(68)55-34(23-60)45(70)57-39(25(3)4)49(74)75)56-42(67)31(17-18-36(51)63)52-44(69)33(22-37(64)65)54-47(72)40(26(5)61)58-41(66)30(50)20-28-13-15-29(62)16-14-28/h6-8,10-11,13-16,24-26,30-35,38-40,60-62H,9,12,17-23,50H2,1-5H3,(H2,51,63)(H,52,69)(H,53,71)(H,54,72)(H,55,68)(H,56,67)(H,57,70)(H,58,66)(H,64,65)(H,74,75)/t26-,30+,31+,32+,33+,34+,35+,38+,39+,40+/m1/s1. The van der Waals surface area contributed by atoms with Gasteiger partial charge in [0.05, 0.1) is 25.2 Å². The molecule has 1 heterocycles. The van der Waals surface area contributed by atoms with Gasteiger partial charge in [-0.25, -0.2) is 4.79 Å². The highest BCUT2D eigenvalue weighted by molar-refractivity contribution is 5.99. The third kappa shape index (κ3) is 19.3. The van der Waals surface area contributed by atoms with Gasteiger partial charge in [-0.3, -0.25) is 47.9 Å². The Labute approximate surface area is 432 Å². The van der Waals surface area contributed by atoms with E-state index in [0.717, 1.165) is 6.92 Å². The lowest BCUT2D eigenvalue weighted by molar-refractivity contribution is -0.144. The van der Waals surface area contributed by atoms with E-state index in [1.165, 1.54) is 29.2 Å². The van der Waals surface area contributed by atoms with Crippen molar-refractivity contribution in [3.8, 4) is 5.75 Å². The molecule has 0 aliphatic carbocycles. The van der Waals surface area contributed by atoms with Crippen LogP contribution >= 0.6 is 0 Å². The number of aliphatic carboxylic acids is 2. The first-order valence-corrected chi connectivity index (χ1v) is 24.3. The number of likely N-dealkylation sites (tertiary alicyclic amines) is 1. The fraction of sp³-hybridized carbons (Fsp3) is 0.531. The van der Waals surface area contributed by atoms with Crippen LogP contribution in [0.3, 0.4) is 0 Å². The molecular weight excluding hydrogens is 985 g/mol. The molecule has 1 saturated heterocycles. The minimum atomic E-state index is -1.96. The predicted octanol–water partition coefficient (Wildman–Crippen LogP) is -3.60. The van der Waals surface area contributed by atoms with E-state index in [9.17, 15) is 78.3 Å². The number of aromatic hydroxyl groups is 1. The molecule has 16 N–H and O–H groups in total. The highest BCUT2D eigenvalue weighted by atomic mass is 16.4. The largest absolute Gasteiger partial charge is 0.508 e. The van der Waals surface area contributed by atoms with Crippen LogP contribution < -0.4 is 48.7 Å². The van der Waals surface area contributed by atoms with Crippen molar-refractivity contribution in [2.24, 2.45) is 23.3 Å². The molecule has 2 aromatic rings. The summed E-state index contributed by atoms with van der Waals surface area (Å²) >= 11 is 0. The van der Waals surface area contributed by atoms with Gasteiger partial charge in [0.15, 0.2) is 0 Å². The molecule has 1 fully saturated rings. The molecule has 412 valence electrons. The fourth-order valence-corrected chi connectivity index (χ4v) is 7.93. The summed E-state index contributed by atoms with van der Waals surface area (Å²) in [7, 11) is 0. The van der Waals surface area contributed by atoms with E-state index >= 15 is 0 Å². The Morgan fingerprint density at radius 3 is 1.69 bits per heavy atom. The molecule has 1 aliphatic heterocycles. The molecule has 75 heavy (non-hydrogen) atoms. The topological polar surface area (TPSA) is 428 Å². The maximum absolute atomic E-state index is 14.4. The Hall–Kier alpha value is -7.71. The molecule has 1 aliphatic rings. The number of phenolic OH excluding ortho intramolecular Hbond substituents is 1. The first-order valence-electron chi connectivity index (χ1n) is 24.3. The maximum Gasteiger partial charge on any atom is 0.326 e. The second-order valence-corrected chi connectivity index (χ2v) is 18.9. The average Bonchev–Trinajstić information content (AvgIpc) is 3.84. The predicted molar refractivity (Wildman–Crippen MR) is 265 cm³/mol. The first-order chi connectivity index (χ1) is 35.2. The number of nitrogens with one attached hydrogen (secondary N) is 7. The maximum atomic E-state index is 14.4. The number of amides is 9. The SMILES string of the molecule is CC(C)[C@H](NC(=O)[C@H](CO)NC(=O)[C@H](Cc1ccccc1)NC(=O)[C@@H]1CCCN1C(=O)[C@@H](NC(=O)[C@H](CCC(N)=O)NC(=O)[C@H](CC(=O)O)NC(=O)[C@@H](NC(=O)[C@@H](N)Cc1ccc(O)cc1)[C@@H](C)O)C(C)C)C(=O)O. The van der Waals surface area contributed by atoms with Crippen LogP contribution in [-0.2, 0) is 65.6 Å². The monoisotopic (exact) mass is 1050 g/mol. The van der Waals surface area contributed by atoms with Gasteiger partial charge in [0.2, 0.25) is 53.2 Å². The average molecular weight is 1060 g/mol. The zero-order valence-electron chi connectivity index (χ0n) is 42.3. The van der Waals surface area contributed by atoms with Crippen molar-refractivity contribution >= 4 is 65.1 Å². The quantitative estimate of drug-likeness (QED) is 0.0374. The fourth-order valence-electron chi connectivity index (χ4n) is 7.93. The van der Waals surface area contributed by atoms with E-state index < -0.39 is 163 Å². The van der Waals surface area contributed by atoms with Gasteiger partial charge in [-0.15, -0.1) is 0 Å². The molecule has 26 heteroatoms. The summed E-state index contributed by atoms with van der Waals surface area (Å²) in [6.07, 6.45) is -3.47. The molecule has 0 bridgehead atoms. The van der Waals surface area contributed by atoms with Gasteiger partial charge in [-0.1, -0.05) is 70.2 Å². The van der Waals surface area contributed by atoms with Crippen molar-refractivity contribution in [2.75, 3.05) is 13.2 Å². The van der Waals surface area contributed by atoms with Crippen molar-refractivity contribution in [3.63, 3.8) is 0 Å². The molecule has 0 aromatic heterocycles. The van der Waals surface area contributed by atoms with Gasteiger partial charge in [-0.05, 0) is 67.7 Å². The van der Waals surface area contributed by atoms with Crippen LogP contribution in [0.2, 0.25) is 0 Å². The first kappa shape index (κ1) is 61.6. The van der Waals surface area contributed by atoms with Gasteiger partial charge in [0.1, 0.15) is 54.1 Å². The third-order valence-corrected chi connectivity index (χ3v) is 12.1. The Morgan fingerprint density at radius 1 is 0.627 bits per heavy atom. The summed E-state index contributed by atoms with van der Waals surface area (Å²) < 4.78 is 0. The lowest BCUT2D eigenvalue weighted by atomic mass is 10.00. The zero-order valence-corrected chi connectivity index (χ0v) is 42.3. The molecule has 0 spiro atoms. The Bertz CT molecular complexity index is 2350. The summed E-state index contributed by atoms with van der Waals surface area (Å²) in [5.74, 6) is -13.1. The van der Waals surface area contributed by atoms with Gasteiger partial charge in [-0.2, -0.15) is 0 Å². The van der Waals surface area contributed by atoms with E-state index in [1.807, 2.05) is 0 Å². The van der Waals surface area contributed by atoms with Gasteiger partial charge < -0.3 is 79.1 Å². The molecule has 0 radical (unpaired) electrons. The number of hydrogen-bond acceptors (Lipinski definition) is 15. The second-order valence-electron chi connectivity index (χ2n) is 18.9. The number of benzene rings is 2. The van der Waals surface area contributed by atoms with Crippen LogP contribution in [0.4, 0.5) is 0 Å². The lowest BCUT2D eigenvalue weighted by Gasteiger charge is -2.32. The highest BCUT2D eigenvalue weighted by Gasteiger charge is 2.42. The number of aliphatic hydroxyl groups is 2. The van der Waals surface area contributed by atoms with Crippen molar-refractivity contribution in [1.29, 1.82) is 0 Å². The molecule has 3 rings (SSSR count). The van der Waals surface area contributed by atoms with Crippen LogP contribution in [0.25, 0.3) is 0 Å². The van der Waals surface area contributed by atoms with Crippen molar-refractivity contribution in [3.05, 3.63) is 65.7 Å². The summed E-state index contributed by atoms with van der Waals surface area (Å²) in [6, 6.07) is 0.487. The van der Waals surface area contributed by atoms with E-state index in [-0.39, 0.29) is 31.6 Å². The molecule has 26 nitrogen and oxygen atoms in total. The van der Waals surface area contributed by atoms with E-state index in [4.69, 9.17) is 11.5 Å². The molecule has 9 amide bonds. The number of hydrogen-bond donors (Lipinski definition) is 14. The Morgan fingerprint density at radius 2 is 1.15 bits per heavy atom. The van der Waals surface area contributed by atoms with E-state index in [2.05, 4.69) is 37.2 Å². The van der Waals surface area contributed by atoms with Gasteiger partial charge in [0.25, 0.3) is 0 Å². The highest BCUT2D eigenvalue weighted by Crippen LogP contribution is 2.22. The molecule has 2 aromatic carbocycles. The number of carboxylic acids is 2. The Kier molecular flexibility index (Phi) is 24.0. The number of rotatable bonds is 29. The second kappa shape index (κ2) is 29.2. The van der Waals surface area contributed by atoms with Crippen molar-refractivity contribution < 1.29 is 78.3 Å². The van der Waals surface area contributed by atoms with Crippen LogP contribution in [-0.4, -0.2) is 169 Å². The van der Waals surface area contributed by atoms with Gasteiger partial charge >= 0.3 is 11.9 Å². The summed E-state index contributed by atoms with van der Waals surface area (Å²) in [4.78, 5) is 147. The summed E-state index contributed by atoms with van der Waals surface area (Å²) in [5, 5.41) is 65.9. The summed E-state index contributed by atoms with van der Waals surface area (Å²) in [6.45, 7) is 6.43. The number of aliphatic hydroxyl groups excluding tert-OH is 2. The number of carbonyl (C=O) groups is 11. The smallest absolute Gasteiger partial charge is 0.326 e. The van der Waals surface area contributed by atoms with Crippen LogP contribution in [0.1, 0.15) is 77.8 Å². The number of carbonyl (C=O) groups excluding carboxylic acids is 9. The van der Waals surface area contributed by atoms with Crippen LogP contribution in [0, 0.1) is 11.8 Å². The number of carboxylic acid groups (broad SMARTS) is 2. The van der Waals surface area contributed by atoms with Crippen molar-refractivity contribution in [2.45, 2.75) is 140 Å². The molecule has 10 atom stereocenters. The number of nitrogens with zero attached hydrogens (tertiary/aromatic N) is 1. The Balaban J connectivity index is 1.82. The van der Waals surface area contributed by atoms with Crippen LogP contribution in [0.5, 0.6) is 5.75 Å². The minimum Gasteiger partial charge on any atom is -0.508 e. The minimum absolute atomic E-state index is 0.00950. The van der Waals surface area contributed by atoms with E-state index in [0.29, 0.717) is 17.5 Å². The number of primary amides is 1. The number of nitrogens with two attached hydrogens (primary N) is 2. The lowest BCUT2D eigenvalue weighted by Crippen LogP contribution is -2.62.